The topological polar surface area (TPSA) is 210 Å². The first-order valence-electron chi connectivity index (χ1n) is 24.1. The fraction of sp³-hybridized carbons (Fsp3) is 0.490. The number of carbonyl (C=O) groups is 2. The standard InChI is InChI=1S/C26H34ClN5O5.C25H32ClN5O5/c1-26(2,3)37-24(34)28-17-11-9-13-31(15-17)22-21(36-6)19-20(23(33)30(5)25(35)29(19)4)32(22)14-16-10-7-8-12-18(16)27;1-25(2,3)36-23(34)27-16-10-8-12-30(14-16)21-20(32)18-19(22(33)29(5)24(35)28(18)4)31(21)13-15-9-6-7-11-17(15)26/h7-8,10,12,17H,9,11,13-15H2,1-6H3,(H,28,34);6-7,9,11,16,32H,8,10,12-14H2,1-5H3,(H,27,34)/t17-;16-/m11/s1. The van der Waals surface area contributed by atoms with Gasteiger partial charge >= 0.3 is 23.6 Å². The van der Waals surface area contributed by atoms with Gasteiger partial charge < -0.3 is 48.9 Å². The predicted molar refractivity (Wildman–Crippen MR) is 283 cm³/mol. The molecule has 6 aromatic rings. The van der Waals surface area contributed by atoms with Crippen molar-refractivity contribution in [1.29, 1.82) is 0 Å². The second kappa shape index (κ2) is 21.3. The molecule has 2 aliphatic rings. The van der Waals surface area contributed by atoms with E-state index in [4.69, 9.17) is 37.4 Å². The molecule has 4 aromatic heterocycles. The van der Waals surface area contributed by atoms with Crippen LogP contribution in [-0.4, -0.2) is 101 Å². The van der Waals surface area contributed by atoms with Gasteiger partial charge in [-0.05, 0) is 90.5 Å². The minimum absolute atomic E-state index is 0.160. The second-order valence-electron chi connectivity index (χ2n) is 20.6. The van der Waals surface area contributed by atoms with Crippen molar-refractivity contribution >= 4 is 69.1 Å². The van der Waals surface area contributed by atoms with Gasteiger partial charge in [0.15, 0.2) is 23.1 Å². The van der Waals surface area contributed by atoms with Crippen LogP contribution in [0.2, 0.25) is 10.0 Å². The number of aromatic nitrogens is 6. The molecule has 0 radical (unpaired) electrons. The molecule has 2 aliphatic heterocycles. The Morgan fingerprint density at radius 1 is 0.616 bits per heavy atom. The average molecular weight is 1050 g/mol. The summed E-state index contributed by atoms with van der Waals surface area (Å²) in [5.41, 5.74) is -0.434. The van der Waals surface area contributed by atoms with Gasteiger partial charge in [0, 0.05) is 76.5 Å². The molecular formula is C51H66Cl2N10O10. The Balaban J connectivity index is 0.000000214. The lowest BCUT2D eigenvalue weighted by atomic mass is 10.1. The smallest absolute Gasteiger partial charge is 0.407 e. The Hall–Kier alpha value is -6.80. The van der Waals surface area contributed by atoms with Crippen LogP contribution in [0.3, 0.4) is 0 Å². The molecule has 0 aliphatic carbocycles. The van der Waals surface area contributed by atoms with Crippen LogP contribution < -0.4 is 47.7 Å². The van der Waals surface area contributed by atoms with Crippen molar-refractivity contribution < 1.29 is 28.9 Å². The highest BCUT2D eigenvalue weighted by Gasteiger charge is 2.34. The summed E-state index contributed by atoms with van der Waals surface area (Å²) in [6, 6.07) is 14.3. The van der Waals surface area contributed by atoms with E-state index in [-0.39, 0.29) is 35.4 Å². The number of nitrogens with zero attached hydrogens (tertiary/aromatic N) is 8. The molecule has 2 atom stereocenters. The summed E-state index contributed by atoms with van der Waals surface area (Å²) in [6.45, 7) is 13.5. The highest BCUT2D eigenvalue weighted by atomic mass is 35.5. The quantitative estimate of drug-likeness (QED) is 0.148. The number of fused-ring (bicyclic) bond motifs is 2. The normalized spacial score (nSPS) is 16.3. The van der Waals surface area contributed by atoms with Crippen molar-refractivity contribution in [3.8, 4) is 11.5 Å². The third-order valence-corrected chi connectivity index (χ3v) is 13.6. The first kappa shape index (κ1) is 54.0. The maximum Gasteiger partial charge on any atom is 0.407 e. The lowest BCUT2D eigenvalue weighted by Crippen LogP contribution is -2.49. The highest BCUT2D eigenvalue weighted by molar-refractivity contribution is 6.31. The van der Waals surface area contributed by atoms with Gasteiger partial charge in [-0.1, -0.05) is 59.6 Å². The zero-order chi connectivity index (χ0) is 53.4. The van der Waals surface area contributed by atoms with Crippen LogP contribution in [-0.2, 0) is 50.8 Å². The molecule has 0 saturated carbocycles. The van der Waals surface area contributed by atoms with Crippen LogP contribution in [0.25, 0.3) is 22.1 Å². The van der Waals surface area contributed by atoms with E-state index in [1.54, 1.807) is 44.5 Å². The molecule has 0 spiro atoms. The van der Waals surface area contributed by atoms with Crippen LogP contribution in [0, 0.1) is 0 Å². The van der Waals surface area contributed by atoms with E-state index in [0.717, 1.165) is 45.9 Å². The number of aryl methyl sites for hydroxylation is 2. The molecule has 394 valence electrons. The number of alkyl carbamates (subject to hydrolysis) is 2. The zero-order valence-corrected chi connectivity index (χ0v) is 44.8. The molecular weight excluding hydrogens is 984 g/mol. The van der Waals surface area contributed by atoms with Crippen LogP contribution in [0.5, 0.6) is 11.5 Å². The Bertz CT molecular complexity index is 3320. The maximum absolute atomic E-state index is 13.5. The number of halogens is 2. The van der Waals surface area contributed by atoms with Crippen molar-refractivity contribution in [2.45, 2.75) is 104 Å². The van der Waals surface area contributed by atoms with Crippen molar-refractivity contribution in [3.05, 3.63) is 111 Å². The van der Waals surface area contributed by atoms with E-state index < -0.39 is 45.9 Å². The molecule has 2 aromatic carbocycles. The van der Waals surface area contributed by atoms with E-state index in [1.807, 2.05) is 66.6 Å². The summed E-state index contributed by atoms with van der Waals surface area (Å²) in [5.74, 6) is 1.33. The molecule has 0 unspecified atom stereocenters. The Labute approximate surface area is 432 Å². The third kappa shape index (κ3) is 11.4. The third-order valence-electron chi connectivity index (χ3n) is 12.8. The molecule has 2 fully saturated rings. The number of carbonyl (C=O) groups excluding carboxylic acids is 2. The fourth-order valence-corrected chi connectivity index (χ4v) is 9.98. The van der Waals surface area contributed by atoms with Crippen LogP contribution in [0.15, 0.2) is 67.7 Å². The number of anilines is 2. The summed E-state index contributed by atoms with van der Waals surface area (Å²) < 4.78 is 25.1. The Morgan fingerprint density at radius 3 is 1.44 bits per heavy atom. The number of hydrogen-bond donors (Lipinski definition) is 3. The summed E-state index contributed by atoms with van der Waals surface area (Å²) in [7, 11) is 7.55. The molecule has 20 nitrogen and oxygen atoms in total. The summed E-state index contributed by atoms with van der Waals surface area (Å²) in [5, 5.41) is 18.4. The largest absolute Gasteiger partial charge is 0.503 e. The molecule has 8 rings (SSSR count). The van der Waals surface area contributed by atoms with Crippen LogP contribution in [0.1, 0.15) is 78.4 Å². The molecule has 6 heterocycles. The molecule has 2 amide bonds. The number of nitrogens with one attached hydrogen (secondary N) is 2. The number of ether oxygens (including phenoxy) is 3. The van der Waals surface area contributed by atoms with Gasteiger partial charge in [-0.25, -0.2) is 19.2 Å². The number of methoxy groups -OCH3 is 1. The Kier molecular flexibility index (Phi) is 15.8. The van der Waals surface area contributed by atoms with Gasteiger partial charge in [0.1, 0.15) is 33.3 Å². The van der Waals surface area contributed by atoms with E-state index in [1.165, 1.54) is 37.4 Å². The number of aromatic hydroxyl groups is 1. The van der Waals surface area contributed by atoms with E-state index >= 15 is 0 Å². The molecule has 0 bridgehead atoms. The Morgan fingerprint density at radius 2 is 1.01 bits per heavy atom. The van der Waals surface area contributed by atoms with E-state index in [0.29, 0.717) is 71.2 Å². The first-order valence-corrected chi connectivity index (χ1v) is 24.9. The van der Waals surface area contributed by atoms with Crippen molar-refractivity contribution in [2.24, 2.45) is 28.2 Å². The summed E-state index contributed by atoms with van der Waals surface area (Å²) in [6.07, 6.45) is 2.08. The SMILES string of the molecule is COc1c(N2CCC[C@@H](NC(=O)OC(C)(C)C)C2)n(Cc2ccccc2Cl)c2c(=O)n(C)c(=O)n(C)c12.Cn1c(=O)c2c(c(O)c(N3CCC[C@@H](NC(=O)OC(C)(C)C)C3)n2Cc2ccccc2Cl)n(C)c1=O. The number of amides is 2. The monoisotopic (exact) mass is 1050 g/mol. The predicted octanol–water partition coefficient (Wildman–Crippen LogP) is 6.18. The van der Waals surface area contributed by atoms with Crippen molar-refractivity contribution in [2.75, 3.05) is 43.1 Å². The van der Waals surface area contributed by atoms with Gasteiger partial charge in [-0.3, -0.25) is 27.9 Å². The number of rotatable bonds is 9. The maximum atomic E-state index is 13.5. The summed E-state index contributed by atoms with van der Waals surface area (Å²) >= 11 is 12.9. The number of hydrogen-bond acceptors (Lipinski definition) is 12. The number of piperidine rings is 2. The molecule has 22 heteroatoms. The molecule has 73 heavy (non-hydrogen) atoms. The first-order chi connectivity index (χ1) is 34.3. The van der Waals surface area contributed by atoms with E-state index in [2.05, 4.69) is 15.5 Å². The van der Waals surface area contributed by atoms with Crippen LogP contribution in [0.4, 0.5) is 21.2 Å². The van der Waals surface area contributed by atoms with Gasteiger partial charge in [-0.15, -0.1) is 0 Å². The van der Waals surface area contributed by atoms with Crippen LogP contribution >= 0.6 is 23.2 Å². The summed E-state index contributed by atoms with van der Waals surface area (Å²) in [4.78, 5) is 81.1. The average Bonchev–Trinajstić information content (AvgIpc) is 3.80. The molecule has 3 N–H and O–H groups in total. The highest BCUT2D eigenvalue weighted by Crippen LogP contribution is 2.41. The van der Waals surface area contributed by atoms with Crippen molar-refractivity contribution in [1.82, 2.24) is 38.0 Å². The van der Waals surface area contributed by atoms with E-state index in [9.17, 15) is 33.9 Å². The minimum atomic E-state index is -0.622. The lowest BCUT2D eigenvalue weighted by Gasteiger charge is -2.35. The zero-order valence-electron chi connectivity index (χ0n) is 43.3. The van der Waals surface area contributed by atoms with Gasteiger partial charge in [0.2, 0.25) is 0 Å². The van der Waals surface area contributed by atoms with Gasteiger partial charge in [0.05, 0.1) is 20.2 Å². The second-order valence-corrected chi connectivity index (χ2v) is 21.4. The van der Waals surface area contributed by atoms with Gasteiger partial charge in [0.25, 0.3) is 11.1 Å². The molecule has 2 saturated heterocycles. The van der Waals surface area contributed by atoms with Crippen molar-refractivity contribution in [3.63, 3.8) is 0 Å². The number of benzene rings is 2. The minimum Gasteiger partial charge on any atom is -0.503 e. The lowest BCUT2D eigenvalue weighted by molar-refractivity contribution is 0.0488. The fourth-order valence-electron chi connectivity index (χ4n) is 9.59. The van der Waals surface area contributed by atoms with Gasteiger partial charge in [-0.2, -0.15) is 0 Å².